The molecule has 1 aromatic rings. The minimum atomic E-state index is -0.0175. The number of hydrogen-bond acceptors (Lipinski definition) is 6. The van der Waals surface area contributed by atoms with Crippen molar-refractivity contribution in [3.8, 4) is 0 Å². The lowest BCUT2D eigenvalue weighted by molar-refractivity contribution is 0.280. The zero-order chi connectivity index (χ0) is 11.3. The fraction of sp³-hybridized carbons (Fsp3) is 0.500. The molecule has 0 spiro atoms. The maximum absolute atomic E-state index is 8.87. The highest BCUT2D eigenvalue weighted by Gasteiger charge is 2.13. The van der Waals surface area contributed by atoms with Crippen molar-refractivity contribution >= 4 is 27.6 Å². The van der Waals surface area contributed by atoms with Gasteiger partial charge in [0.2, 0.25) is 0 Å². The molecule has 0 saturated heterocycles. The van der Waals surface area contributed by atoms with Crippen molar-refractivity contribution in [2.75, 3.05) is 36.9 Å². The van der Waals surface area contributed by atoms with E-state index in [1.54, 1.807) is 4.90 Å². The van der Waals surface area contributed by atoms with Crippen molar-refractivity contribution in [2.24, 2.45) is 0 Å². The summed E-state index contributed by atoms with van der Waals surface area (Å²) >= 11 is 3.27. The van der Waals surface area contributed by atoms with Crippen LogP contribution in [0.5, 0.6) is 0 Å². The number of nitrogens with two attached hydrogens (primary N) is 1. The van der Waals surface area contributed by atoms with Crippen LogP contribution in [-0.2, 0) is 0 Å². The molecule has 0 amide bonds. The molecule has 0 aliphatic carbocycles. The summed E-state index contributed by atoms with van der Waals surface area (Å²) in [6.45, 7) is 0.734. The van der Waals surface area contributed by atoms with Crippen molar-refractivity contribution in [1.29, 1.82) is 0 Å². The Morgan fingerprint density at radius 1 is 1.27 bits per heavy atom. The summed E-state index contributed by atoms with van der Waals surface area (Å²) in [7, 11) is 0. The third-order valence-corrected chi connectivity index (χ3v) is 2.60. The third-order valence-electron chi connectivity index (χ3n) is 1.84. The quantitative estimate of drug-likeness (QED) is 0.678. The normalized spacial score (nSPS) is 10.3. The van der Waals surface area contributed by atoms with E-state index in [0.717, 1.165) is 0 Å². The molecule has 0 radical (unpaired) electrons. The van der Waals surface area contributed by atoms with Crippen LogP contribution in [0.15, 0.2) is 10.8 Å². The second-order valence-electron chi connectivity index (χ2n) is 2.83. The Bertz CT molecular complexity index is 318. The van der Waals surface area contributed by atoms with Crippen molar-refractivity contribution < 1.29 is 10.2 Å². The largest absolute Gasteiger partial charge is 0.395 e. The van der Waals surface area contributed by atoms with Crippen LogP contribution in [0, 0.1) is 0 Å². The topological polar surface area (TPSA) is 95.5 Å². The molecule has 0 aliphatic heterocycles. The number of hydrogen-bond donors (Lipinski definition) is 3. The van der Waals surface area contributed by atoms with Crippen LogP contribution in [0.25, 0.3) is 0 Å². The van der Waals surface area contributed by atoms with Crippen LogP contribution in [-0.4, -0.2) is 46.5 Å². The molecule has 4 N–H and O–H groups in total. The van der Waals surface area contributed by atoms with E-state index in [-0.39, 0.29) is 13.2 Å². The summed E-state index contributed by atoms with van der Waals surface area (Å²) in [5, 5.41) is 17.7. The Morgan fingerprint density at radius 2 is 1.87 bits per heavy atom. The number of aliphatic hydroxyl groups excluding tert-OH is 2. The molecular formula is C8H13BrN4O2. The summed E-state index contributed by atoms with van der Waals surface area (Å²) < 4.78 is 0.576. The van der Waals surface area contributed by atoms with Gasteiger partial charge in [-0.3, -0.25) is 0 Å². The van der Waals surface area contributed by atoms with Crippen molar-refractivity contribution in [1.82, 2.24) is 9.97 Å². The van der Waals surface area contributed by atoms with Crippen molar-refractivity contribution in [2.45, 2.75) is 0 Å². The van der Waals surface area contributed by atoms with E-state index in [9.17, 15) is 0 Å². The van der Waals surface area contributed by atoms with E-state index in [4.69, 9.17) is 15.9 Å². The molecule has 6 nitrogen and oxygen atoms in total. The highest BCUT2D eigenvalue weighted by atomic mass is 79.9. The highest BCUT2D eigenvalue weighted by Crippen LogP contribution is 2.26. The molecule has 7 heteroatoms. The first-order valence-electron chi connectivity index (χ1n) is 4.43. The van der Waals surface area contributed by atoms with E-state index in [1.165, 1.54) is 6.33 Å². The standard InChI is InChI=1S/C8H13BrN4O2/c9-6-7(10)11-5-12-8(6)13(1-3-14)2-4-15/h5,14-15H,1-4H2,(H2,10,11,12). The minimum absolute atomic E-state index is 0.0175. The fourth-order valence-electron chi connectivity index (χ4n) is 1.16. The Morgan fingerprint density at radius 3 is 2.40 bits per heavy atom. The van der Waals surface area contributed by atoms with E-state index in [1.807, 2.05) is 0 Å². The zero-order valence-electron chi connectivity index (χ0n) is 8.10. The van der Waals surface area contributed by atoms with Gasteiger partial charge in [0, 0.05) is 13.1 Å². The molecule has 0 aromatic carbocycles. The summed E-state index contributed by atoms with van der Waals surface area (Å²) in [4.78, 5) is 9.58. The van der Waals surface area contributed by atoms with Gasteiger partial charge in [-0.25, -0.2) is 9.97 Å². The monoisotopic (exact) mass is 276 g/mol. The first kappa shape index (κ1) is 12.2. The lowest BCUT2D eigenvalue weighted by Gasteiger charge is -2.22. The highest BCUT2D eigenvalue weighted by molar-refractivity contribution is 9.10. The van der Waals surface area contributed by atoms with E-state index >= 15 is 0 Å². The smallest absolute Gasteiger partial charge is 0.148 e. The zero-order valence-corrected chi connectivity index (χ0v) is 9.68. The number of anilines is 2. The molecule has 84 valence electrons. The number of halogens is 1. The van der Waals surface area contributed by atoms with E-state index in [0.29, 0.717) is 29.2 Å². The summed E-state index contributed by atoms with van der Waals surface area (Å²) in [6, 6.07) is 0. The average Bonchev–Trinajstić information content (AvgIpc) is 2.22. The van der Waals surface area contributed by atoms with Crippen LogP contribution < -0.4 is 10.6 Å². The number of aromatic nitrogens is 2. The Hall–Kier alpha value is -0.920. The summed E-state index contributed by atoms with van der Waals surface area (Å²) in [6.07, 6.45) is 1.34. The molecule has 0 bridgehead atoms. The van der Waals surface area contributed by atoms with Crippen LogP contribution >= 0.6 is 15.9 Å². The van der Waals surface area contributed by atoms with Gasteiger partial charge in [0.1, 0.15) is 22.4 Å². The second kappa shape index (κ2) is 5.84. The first-order chi connectivity index (χ1) is 7.20. The molecular weight excluding hydrogens is 264 g/mol. The van der Waals surface area contributed by atoms with Gasteiger partial charge < -0.3 is 20.8 Å². The Labute approximate surface area is 95.9 Å². The Kier molecular flexibility index (Phi) is 4.73. The fourth-order valence-corrected chi connectivity index (χ4v) is 1.61. The van der Waals surface area contributed by atoms with Gasteiger partial charge in [0.15, 0.2) is 0 Å². The third kappa shape index (κ3) is 3.01. The van der Waals surface area contributed by atoms with E-state index in [2.05, 4.69) is 25.9 Å². The lowest BCUT2D eigenvalue weighted by atomic mass is 10.4. The van der Waals surface area contributed by atoms with Gasteiger partial charge in [-0.1, -0.05) is 0 Å². The molecule has 1 rings (SSSR count). The molecule has 0 fully saturated rings. The van der Waals surface area contributed by atoms with E-state index < -0.39 is 0 Å². The average molecular weight is 277 g/mol. The molecule has 0 saturated carbocycles. The van der Waals surface area contributed by atoms with Crippen LogP contribution in [0.1, 0.15) is 0 Å². The molecule has 1 aromatic heterocycles. The number of nitrogen functional groups attached to an aromatic ring is 1. The van der Waals surface area contributed by atoms with Crippen molar-refractivity contribution in [3.63, 3.8) is 0 Å². The van der Waals surface area contributed by atoms with Gasteiger partial charge in [-0.2, -0.15) is 0 Å². The maximum atomic E-state index is 8.87. The number of nitrogens with zero attached hydrogens (tertiary/aromatic N) is 3. The van der Waals surface area contributed by atoms with Gasteiger partial charge >= 0.3 is 0 Å². The van der Waals surface area contributed by atoms with Crippen LogP contribution in [0.2, 0.25) is 0 Å². The predicted molar refractivity (Wildman–Crippen MR) is 60.5 cm³/mol. The van der Waals surface area contributed by atoms with Gasteiger partial charge in [0.05, 0.1) is 13.2 Å². The molecule has 1 heterocycles. The lowest BCUT2D eigenvalue weighted by Crippen LogP contribution is -2.31. The molecule has 0 atom stereocenters. The number of rotatable bonds is 5. The van der Waals surface area contributed by atoms with Crippen molar-refractivity contribution in [3.05, 3.63) is 10.8 Å². The first-order valence-corrected chi connectivity index (χ1v) is 5.22. The van der Waals surface area contributed by atoms with Gasteiger partial charge in [-0.05, 0) is 15.9 Å². The molecule has 0 unspecified atom stereocenters. The molecule has 15 heavy (non-hydrogen) atoms. The van der Waals surface area contributed by atoms with Crippen LogP contribution in [0.4, 0.5) is 11.6 Å². The van der Waals surface area contributed by atoms with Gasteiger partial charge in [-0.15, -0.1) is 0 Å². The maximum Gasteiger partial charge on any atom is 0.148 e. The minimum Gasteiger partial charge on any atom is -0.395 e. The summed E-state index contributed by atoms with van der Waals surface area (Å²) in [5.74, 6) is 0.909. The van der Waals surface area contributed by atoms with Crippen LogP contribution in [0.3, 0.4) is 0 Å². The Balaban J connectivity index is 2.94. The SMILES string of the molecule is Nc1ncnc(N(CCO)CCO)c1Br. The number of aliphatic hydroxyl groups is 2. The predicted octanol–water partition coefficient (Wildman–Crippen LogP) is -0.388. The summed E-state index contributed by atoms with van der Waals surface area (Å²) in [5.41, 5.74) is 5.60. The molecule has 0 aliphatic rings. The van der Waals surface area contributed by atoms with Gasteiger partial charge in [0.25, 0.3) is 0 Å². The second-order valence-corrected chi connectivity index (χ2v) is 3.62.